The molecule has 0 aromatic carbocycles. The van der Waals surface area contributed by atoms with Gasteiger partial charge in [-0.15, -0.1) is 0 Å². The second-order valence-corrected chi connectivity index (χ2v) is 2.68. The molecule has 5 nitrogen and oxygen atoms in total. The molecule has 0 radical (unpaired) electrons. The topological polar surface area (TPSA) is 77.2 Å². The molecule has 76 valence electrons. The van der Waals surface area contributed by atoms with Crippen molar-refractivity contribution in [2.24, 2.45) is 0 Å². The highest BCUT2D eigenvalue weighted by Gasteiger charge is 2.08. The van der Waals surface area contributed by atoms with Crippen LogP contribution in [0, 0.1) is 0 Å². The predicted octanol–water partition coefficient (Wildman–Crippen LogP) is 0.0400. The van der Waals surface area contributed by atoms with E-state index in [0.717, 1.165) is 0 Å². The summed E-state index contributed by atoms with van der Waals surface area (Å²) in [5.74, 6) is 0.00932. The summed E-state index contributed by atoms with van der Waals surface area (Å²) in [7, 11) is 1.57. The lowest BCUT2D eigenvalue weighted by Crippen LogP contribution is -2.27. The molecule has 14 heavy (non-hydrogen) atoms. The number of hydrogen-bond acceptors (Lipinski definition) is 4. The molecule has 1 aromatic heterocycles. The van der Waals surface area contributed by atoms with Gasteiger partial charge in [-0.25, -0.2) is 4.98 Å². The third kappa shape index (κ3) is 2.70. The highest BCUT2D eigenvalue weighted by molar-refractivity contribution is 5.98. The Balaban J connectivity index is 2.56. The number of carbonyl (C=O) groups excluding carboxylic acids is 1. The molecule has 0 saturated carbocycles. The molecule has 1 heterocycles. The van der Waals surface area contributed by atoms with Crippen molar-refractivity contribution >= 4 is 11.7 Å². The summed E-state index contributed by atoms with van der Waals surface area (Å²) < 4.78 is 4.80. The fraction of sp³-hybridized carbons (Fsp3) is 0.333. The minimum Gasteiger partial charge on any atom is -0.383 e. The highest BCUT2D eigenvalue weighted by Crippen LogP contribution is 2.05. The van der Waals surface area contributed by atoms with Crippen LogP contribution in [0.4, 0.5) is 5.82 Å². The Morgan fingerprint density at radius 1 is 1.71 bits per heavy atom. The first kappa shape index (κ1) is 10.5. The van der Waals surface area contributed by atoms with Gasteiger partial charge in [-0.05, 0) is 12.1 Å². The molecule has 0 aliphatic heterocycles. The Hall–Kier alpha value is -1.62. The van der Waals surface area contributed by atoms with Crippen molar-refractivity contribution in [2.45, 2.75) is 0 Å². The number of pyridine rings is 1. The molecule has 1 rings (SSSR count). The first-order chi connectivity index (χ1) is 6.75. The van der Waals surface area contributed by atoms with Gasteiger partial charge in [0.05, 0.1) is 12.2 Å². The smallest absolute Gasteiger partial charge is 0.255 e. The Labute approximate surface area is 82.3 Å². The molecule has 0 spiro atoms. The summed E-state index contributed by atoms with van der Waals surface area (Å²) in [4.78, 5) is 15.3. The van der Waals surface area contributed by atoms with Crippen LogP contribution in [0.1, 0.15) is 10.4 Å². The number of nitrogens with zero attached hydrogens (tertiary/aromatic N) is 1. The minimum atomic E-state index is -0.229. The number of rotatable bonds is 4. The van der Waals surface area contributed by atoms with E-state index in [0.29, 0.717) is 18.7 Å². The lowest BCUT2D eigenvalue weighted by molar-refractivity contribution is 0.0937. The summed E-state index contributed by atoms with van der Waals surface area (Å²) >= 11 is 0. The number of anilines is 1. The van der Waals surface area contributed by atoms with Gasteiger partial charge < -0.3 is 15.8 Å². The fourth-order valence-corrected chi connectivity index (χ4v) is 0.971. The number of ether oxygens (including phenoxy) is 1. The first-order valence-corrected chi connectivity index (χ1v) is 4.23. The zero-order valence-electron chi connectivity index (χ0n) is 7.99. The van der Waals surface area contributed by atoms with Gasteiger partial charge in [0.2, 0.25) is 0 Å². The van der Waals surface area contributed by atoms with E-state index >= 15 is 0 Å². The SMILES string of the molecule is COCCNC(=O)c1cccnc1N. The van der Waals surface area contributed by atoms with Crippen LogP contribution in [0.25, 0.3) is 0 Å². The van der Waals surface area contributed by atoms with Crippen LogP contribution in [0.15, 0.2) is 18.3 Å². The second kappa shape index (κ2) is 5.18. The summed E-state index contributed by atoms with van der Waals surface area (Å²) in [5.41, 5.74) is 5.91. The van der Waals surface area contributed by atoms with Crippen molar-refractivity contribution in [1.82, 2.24) is 10.3 Å². The van der Waals surface area contributed by atoms with Crippen LogP contribution in [-0.2, 0) is 4.74 Å². The van der Waals surface area contributed by atoms with Crippen molar-refractivity contribution in [3.05, 3.63) is 23.9 Å². The summed E-state index contributed by atoms with van der Waals surface area (Å²) in [6, 6.07) is 3.30. The number of amides is 1. The van der Waals surface area contributed by atoms with Crippen molar-refractivity contribution in [2.75, 3.05) is 26.0 Å². The molecule has 0 aliphatic rings. The maximum Gasteiger partial charge on any atom is 0.255 e. The fourth-order valence-electron chi connectivity index (χ4n) is 0.971. The summed E-state index contributed by atoms with van der Waals surface area (Å²) in [6.07, 6.45) is 1.54. The molecular weight excluding hydrogens is 182 g/mol. The van der Waals surface area contributed by atoms with Gasteiger partial charge in [0, 0.05) is 19.9 Å². The largest absolute Gasteiger partial charge is 0.383 e. The van der Waals surface area contributed by atoms with Crippen LogP contribution in [0.3, 0.4) is 0 Å². The van der Waals surface area contributed by atoms with Crippen LogP contribution >= 0.6 is 0 Å². The monoisotopic (exact) mass is 195 g/mol. The Kier molecular flexibility index (Phi) is 3.87. The normalized spacial score (nSPS) is 9.79. The lowest BCUT2D eigenvalue weighted by Gasteiger charge is -2.05. The standard InChI is InChI=1S/C9H13N3O2/c1-14-6-5-12-9(13)7-3-2-4-11-8(7)10/h2-4H,5-6H2,1H3,(H2,10,11)(H,12,13). The third-order valence-corrected chi connectivity index (χ3v) is 1.67. The van der Waals surface area contributed by atoms with Gasteiger partial charge >= 0.3 is 0 Å². The lowest BCUT2D eigenvalue weighted by atomic mass is 10.2. The number of hydrogen-bond donors (Lipinski definition) is 2. The Morgan fingerprint density at radius 2 is 2.50 bits per heavy atom. The highest BCUT2D eigenvalue weighted by atomic mass is 16.5. The van der Waals surface area contributed by atoms with Crippen molar-refractivity contribution in [3.63, 3.8) is 0 Å². The number of nitrogens with two attached hydrogens (primary N) is 1. The minimum absolute atomic E-state index is 0.229. The molecule has 0 unspecified atom stereocenters. The van der Waals surface area contributed by atoms with E-state index in [4.69, 9.17) is 10.5 Å². The van der Waals surface area contributed by atoms with Crippen LogP contribution in [0.5, 0.6) is 0 Å². The average Bonchev–Trinajstić information content (AvgIpc) is 2.18. The van der Waals surface area contributed by atoms with E-state index in [2.05, 4.69) is 10.3 Å². The van der Waals surface area contributed by atoms with E-state index in [-0.39, 0.29) is 11.7 Å². The molecule has 3 N–H and O–H groups in total. The predicted molar refractivity (Wildman–Crippen MR) is 52.9 cm³/mol. The number of methoxy groups -OCH3 is 1. The average molecular weight is 195 g/mol. The Bertz CT molecular complexity index is 315. The van der Waals surface area contributed by atoms with Crippen molar-refractivity contribution in [3.8, 4) is 0 Å². The Morgan fingerprint density at radius 3 is 3.14 bits per heavy atom. The summed E-state index contributed by atoms with van der Waals surface area (Å²) in [5, 5.41) is 2.66. The molecule has 5 heteroatoms. The van der Waals surface area contributed by atoms with Gasteiger partial charge in [-0.3, -0.25) is 4.79 Å². The van der Waals surface area contributed by atoms with Crippen LogP contribution in [0.2, 0.25) is 0 Å². The maximum absolute atomic E-state index is 11.5. The number of nitrogen functional groups attached to an aromatic ring is 1. The second-order valence-electron chi connectivity index (χ2n) is 2.68. The van der Waals surface area contributed by atoms with Crippen LogP contribution < -0.4 is 11.1 Å². The molecule has 0 aliphatic carbocycles. The van der Waals surface area contributed by atoms with Gasteiger partial charge in [0.1, 0.15) is 5.82 Å². The zero-order chi connectivity index (χ0) is 10.4. The molecule has 0 bridgehead atoms. The maximum atomic E-state index is 11.5. The molecule has 0 saturated heterocycles. The van der Waals surface area contributed by atoms with E-state index in [1.807, 2.05) is 0 Å². The quantitative estimate of drug-likeness (QED) is 0.665. The van der Waals surface area contributed by atoms with E-state index in [1.54, 1.807) is 25.4 Å². The molecule has 0 atom stereocenters. The summed E-state index contributed by atoms with van der Waals surface area (Å²) in [6.45, 7) is 0.940. The zero-order valence-corrected chi connectivity index (χ0v) is 7.99. The van der Waals surface area contributed by atoms with Gasteiger partial charge in [0.15, 0.2) is 0 Å². The van der Waals surface area contributed by atoms with Crippen molar-refractivity contribution < 1.29 is 9.53 Å². The molecule has 1 aromatic rings. The number of aromatic nitrogens is 1. The number of nitrogens with one attached hydrogen (secondary N) is 1. The van der Waals surface area contributed by atoms with Gasteiger partial charge in [0.25, 0.3) is 5.91 Å². The van der Waals surface area contributed by atoms with Crippen LogP contribution in [-0.4, -0.2) is 31.2 Å². The van der Waals surface area contributed by atoms with E-state index in [9.17, 15) is 4.79 Å². The van der Waals surface area contributed by atoms with E-state index in [1.165, 1.54) is 0 Å². The van der Waals surface area contributed by atoms with E-state index < -0.39 is 0 Å². The molecule has 0 fully saturated rings. The third-order valence-electron chi connectivity index (χ3n) is 1.67. The van der Waals surface area contributed by atoms with Gasteiger partial charge in [-0.2, -0.15) is 0 Å². The van der Waals surface area contributed by atoms with Gasteiger partial charge in [-0.1, -0.05) is 0 Å². The molecule has 1 amide bonds. The van der Waals surface area contributed by atoms with Crippen molar-refractivity contribution in [1.29, 1.82) is 0 Å². The molecular formula is C9H13N3O2. The number of carbonyl (C=O) groups is 1. The first-order valence-electron chi connectivity index (χ1n) is 4.23.